The Balaban J connectivity index is 2.48. The summed E-state index contributed by atoms with van der Waals surface area (Å²) in [5, 5.41) is 16.8. The fourth-order valence-corrected chi connectivity index (χ4v) is 2.43. The van der Waals surface area contributed by atoms with Gasteiger partial charge in [-0.2, -0.15) is 0 Å². The molecule has 21 heavy (non-hydrogen) atoms. The van der Waals surface area contributed by atoms with Gasteiger partial charge in [0.1, 0.15) is 17.4 Å². The largest absolute Gasteiger partial charge is 0.382 e. The third-order valence-electron chi connectivity index (χ3n) is 3.45. The fourth-order valence-electron chi connectivity index (χ4n) is 2.43. The van der Waals surface area contributed by atoms with Gasteiger partial charge in [0.2, 0.25) is 5.91 Å². The number of carbonyl (C=O) groups excluding carboxylic acids is 1. The molecule has 0 bridgehead atoms. The standard InChI is InChI=1S/C13H18N4O4/c1-14-9-4-3-5-10(12(9)17(19)20)16-6-7-21-8-11(16)13(18)15-2/h3-5,11,14H,6-8H2,1-2H3,(H,15,18). The maximum atomic E-state index is 12.0. The third-order valence-corrected chi connectivity index (χ3v) is 3.45. The van der Waals surface area contributed by atoms with Crippen molar-refractivity contribution in [3.8, 4) is 0 Å². The SMILES string of the molecule is CNC(=O)C1COCCN1c1cccc(NC)c1[N+](=O)[O-]. The van der Waals surface area contributed by atoms with Gasteiger partial charge in [-0.05, 0) is 12.1 Å². The van der Waals surface area contributed by atoms with Crippen molar-refractivity contribution in [3.05, 3.63) is 28.3 Å². The molecule has 2 N–H and O–H groups in total. The van der Waals surface area contributed by atoms with Crippen molar-refractivity contribution in [2.45, 2.75) is 6.04 Å². The van der Waals surface area contributed by atoms with Gasteiger partial charge in [-0.15, -0.1) is 0 Å². The van der Waals surface area contributed by atoms with Gasteiger partial charge in [0.05, 0.1) is 18.1 Å². The van der Waals surface area contributed by atoms with Crippen LogP contribution in [-0.4, -0.2) is 50.7 Å². The molecule has 1 atom stereocenters. The van der Waals surface area contributed by atoms with Crippen LogP contribution >= 0.6 is 0 Å². The highest BCUT2D eigenvalue weighted by Gasteiger charge is 2.33. The number of nitro groups is 1. The van der Waals surface area contributed by atoms with Gasteiger partial charge < -0.3 is 20.3 Å². The van der Waals surface area contributed by atoms with Gasteiger partial charge in [-0.25, -0.2) is 0 Å². The van der Waals surface area contributed by atoms with Crippen LogP contribution in [0.4, 0.5) is 17.1 Å². The highest BCUT2D eigenvalue weighted by molar-refractivity contribution is 5.88. The number of morpholine rings is 1. The number of carbonyl (C=O) groups is 1. The number of amides is 1. The molecule has 0 saturated carbocycles. The van der Waals surface area contributed by atoms with E-state index in [9.17, 15) is 14.9 Å². The third kappa shape index (κ3) is 2.89. The second-order valence-electron chi connectivity index (χ2n) is 4.58. The zero-order valence-electron chi connectivity index (χ0n) is 12.0. The number of hydrogen-bond donors (Lipinski definition) is 2. The number of nitro benzene ring substituents is 1. The van der Waals surface area contributed by atoms with Crippen molar-refractivity contribution < 1.29 is 14.5 Å². The summed E-state index contributed by atoms with van der Waals surface area (Å²) in [4.78, 5) is 24.7. The van der Waals surface area contributed by atoms with Crippen molar-refractivity contribution in [3.63, 3.8) is 0 Å². The first-order chi connectivity index (χ1) is 10.1. The summed E-state index contributed by atoms with van der Waals surface area (Å²) in [6.45, 7) is 1.06. The van der Waals surface area contributed by atoms with Gasteiger partial charge in [0.25, 0.3) is 0 Å². The molecule has 0 aliphatic carbocycles. The highest BCUT2D eigenvalue weighted by Crippen LogP contribution is 2.36. The molecule has 8 heteroatoms. The van der Waals surface area contributed by atoms with E-state index in [0.717, 1.165) is 0 Å². The summed E-state index contributed by atoms with van der Waals surface area (Å²) >= 11 is 0. The molecule has 1 amide bonds. The first kappa shape index (κ1) is 15.0. The van der Waals surface area contributed by atoms with Crippen molar-refractivity contribution >= 4 is 23.0 Å². The molecule has 1 aromatic rings. The molecule has 0 aromatic heterocycles. The predicted molar refractivity (Wildman–Crippen MR) is 78.7 cm³/mol. The molecule has 0 spiro atoms. The zero-order valence-corrected chi connectivity index (χ0v) is 12.0. The molecule has 114 valence electrons. The van der Waals surface area contributed by atoms with Crippen molar-refractivity contribution in [2.24, 2.45) is 0 Å². The Morgan fingerprint density at radius 2 is 2.24 bits per heavy atom. The summed E-state index contributed by atoms with van der Waals surface area (Å²) in [6, 6.07) is 4.44. The molecular formula is C13H18N4O4. The normalized spacial score (nSPS) is 18.2. The molecule has 8 nitrogen and oxygen atoms in total. The molecule has 1 aromatic carbocycles. The van der Waals surface area contributed by atoms with E-state index in [1.165, 1.54) is 7.05 Å². The lowest BCUT2D eigenvalue weighted by molar-refractivity contribution is -0.383. The van der Waals surface area contributed by atoms with Crippen LogP contribution in [-0.2, 0) is 9.53 Å². The number of nitrogens with one attached hydrogen (secondary N) is 2. The fraction of sp³-hybridized carbons (Fsp3) is 0.462. The van der Waals surface area contributed by atoms with Crippen molar-refractivity contribution in [1.82, 2.24) is 5.32 Å². The number of benzene rings is 1. The minimum atomic E-state index is -0.574. The molecule has 1 aliphatic rings. The number of nitrogens with zero attached hydrogens (tertiary/aromatic N) is 2. The average molecular weight is 294 g/mol. The Kier molecular flexibility index (Phi) is 4.59. The van der Waals surface area contributed by atoms with E-state index in [1.807, 2.05) is 0 Å². The first-order valence-corrected chi connectivity index (χ1v) is 6.61. The van der Waals surface area contributed by atoms with Crippen LogP contribution < -0.4 is 15.5 Å². The summed E-state index contributed by atoms with van der Waals surface area (Å²) in [6.07, 6.45) is 0. The second-order valence-corrected chi connectivity index (χ2v) is 4.58. The molecule has 2 rings (SSSR count). The zero-order chi connectivity index (χ0) is 15.4. The van der Waals surface area contributed by atoms with Crippen LogP contribution in [0.1, 0.15) is 0 Å². The highest BCUT2D eigenvalue weighted by atomic mass is 16.6. The lowest BCUT2D eigenvalue weighted by Gasteiger charge is -2.35. The van der Waals surface area contributed by atoms with Crippen LogP contribution in [0.5, 0.6) is 0 Å². The first-order valence-electron chi connectivity index (χ1n) is 6.61. The Morgan fingerprint density at radius 1 is 1.48 bits per heavy atom. The van der Waals surface area contributed by atoms with E-state index in [1.54, 1.807) is 30.1 Å². The lowest BCUT2D eigenvalue weighted by Crippen LogP contribution is -2.53. The molecule has 1 fully saturated rings. The minimum Gasteiger partial charge on any atom is -0.382 e. The monoisotopic (exact) mass is 294 g/mol. The topological polar surface area (TPSA) is 96.7 Å². The molecule has 1 heterocycles. The van der Waals surface area contributed by atoms with Crippen LogP contribution in [0.15, 0.2) is 18.2 Å². The van der Waals surface area contributed by atoms with E-state index < -0.39 is 11.0 Å². The van der Waals surface area contributed by atoms with E-state index in [0.29, 0.717) is 24.5 Å². The van der Waals surface area contributed by atoms with Crippen LogP contribution in [0, 0.1) is 10.1 Å². The number of ether oxygens (including phenoxy) is 1. The van der Waals surface area contributed by atoms with E-state index in [-0.39, 0.29) is 18.2 Å². The summed E-state index contributed by atoms with van der Waals surface area (Å²) in [5.74, 6) is -0.223. The van der Waals surface area contributed by atoms with Gasteiger partial charge >= 0.3 is 5.69 Å². The Labute approximate surface area is 122 Å². The minimum absolute atomic E-state index is 0.0317. The number of rotatable bonds is 4. The van der Waals surface area contributed by atoms with Gasteiger partial charge in [-0.3, -0.25) is 14.9 Å². The van der Waals surface area contributed by atoms with Crippen LogP contribution in [0.25, 0.3) is 0 Å². The molecule has 1 saturated heterocycles. The molecule has 0 radical (unpaired) electrons. The van der Waals surface area contributed by atoms with Crippen LogP contribution in [0.2, 0.25) is 0 Å². The Bertz CT molecular complexity index is 549. The smallest absolute Gasteiger partial charge is 0.315 e. The average Bonchev–Trinajstić information content (AvgIpc) is 2.53. The lowest BCUT2D eigenvalue weighted by atomic mass is 10.1. The van der Waals surface area contributed by atoms with Crippen molar-refractivity contribution in [1.29, 1.82) is 0 Å². The molecule has 1 unspecified atom stereocenters. The number of para-hydroxylation sites is 1. The quantitative estimate of drug-likeness (QED) is 0.623. The van der Waals surface area contributed by atoms with E-state index >= 15 is 0 Å². The maximum Gasteiger partial charge on any atom is 0.315 e. The number of anilines is 2. The molecular weight excluding hydrogens is 276 g/mol. The number of likely N-dealkylation sites (N-methyl/N-ethyl adjacent to an activating group) is 1. The Hall–Kier alpha value is -2.35. The predicted octanol–water partition coefficient (Wildman–Crippen LogP) is 0.588. The summed E-state index contributed by atoms with van der Waals surface area (Å²) < 4.78 is 5.33. The van der Waals surface area contributed by atoms with Gasteiger partial charge in [0, 0.05) is 20.6 Å². The molecule has 1 aliphatic heterocycles. The van der Waals surface area contributed by atoms with Crippen LogP contribution in [0.3, 0.4) is 0 Å². The van der Waals surface area contributed by atoms with Gasteiger partial charge in [0.15, 0.2) is 0 Å². The van der Waals surface area contributed by atoms with Crippen molar-refractivity contribution in [2.75, 3.05) is 44.1 Å². The van der Waals surface area contributed by atoms with E-state index in [2.05, 4.69) is 10.6 Å². The maximum absolute atomic E-state index is 12.0. The number of hydrogen-bond acceptors (Lipinski definition) is 6. The summed E-state index contributed by atoms with van der Waals surface area (Å²) in [7, 11) is 3.16. The van der Waals surface area contributed by atoms with Gasteiger partial charge in [-0.1, -0.05) is 6.07 Å². The Morgan fingerprint density at radius 3 is 2.86 bits per heavy atom. The van der Waals surface area contributed by atoms with E-state index in [4.69, 9.17) is 4.74 Å². The summed E-state index contributed by atoms with van der Waals surface area (Å²) in [5.41, 5.74) is 0.805. The second kappa shape index (κ2) is 6.40.